The highest BCUT2D eigenvalue weighted by Gasteiger charge is 2.54. The van der Waals surface area contributed by atoms with E-state index in [1.807, 2.05) is 6.92 Å². The van der Waals surface area contributed by atoms with Crippen molar-refractivity contribution in [1.29, 1.82) is 0 Å². The van der Waals surface area contributed by atoms with Gasteiger partial charge in [0.15, 0.2) is 16.2 Å². The monoisotopic (exact) mass is 592 g/mol. The van der Waals surface area contributed by atoms with Crippen molar-refractivity contribution in [2.75, 3.05) is 11.5 Å². The number of aliphatic hydroxyl groups excluding tert-OH is 1. The molecule has 4 atom stereocenters. The number of fused-ring (bicyclic) bond motifs is 1. The average Bonchev–Trinajstić information content (AvgIpc) is 3.33. The van der Waals surface area contributed by atoms with Crippen LogP contribution in [0.3, 0.4) is 0 Å². The summed E-state index contributed by atoms with van der Waals surface area (Å²) >= 11 is 4.00. The molecular weight excluding hydrogens is 568 g/mol. The van der Waals surface area contributed by atoms with E-state index in [-0.39, 0.29) is 16.8 Å². The number of carboxylic acid groups (broad SMARTS) is 1. The minimum Gasteiger partial charge on any atom is -0.477 e. The lowest BCUT2D eigenvalue weighted by atomic mass is 9.93. The Kier molecular flexibility index (Phi) is 8.70. The molecule has 0 aliphatic carbocycles. The molecule has 3 heterocycles. The van der Waals surface area contributed by atoms with Crippen LogP contribution in [0.5, 0.6) is 0 Å². The van der Waals surface area contributed by atoms with E-state index < -0.39 is 59.5 Å². The van der Waals surface area contributed by atoms with E-state index in [0.29, 0.717) is 21.4 Å². The smallest absolute Gasteiger partial charge is 0.352 e. The van der Waals surface area contributed by atoms with Crippen LogP contribution < -0.4 is 16.8 Å². The summed E-state index contributed by atoms with van der Waals surface area (Å²) in [6.07, 6.45) is -2.25. The maximum absolute atomic E-state index is 13.0. The maximum atomic E-state index is 13.0. The Hall–Kier alpha value is -3.31. The molecule has 3 amide bonds. The Morgan fingerprint density at radius 2 is 1.97 bits per heavy atom. The number of β-lactam (4-membered cyclic amide) rings is 1. The van der Waals surface area contributed by atoms with E-state index in [9.17, 15) is 34.2 Å². The number of primary amides is 1. The molecule has 2 unspecified atom stereocenters. The lowest BCUT2D eigenvalue weighted by Gasteiger charge is -2.49. The Balaban J connectivity index is 1.46. The van der Waals surface area contributed by atoms with E-state index in [4.69, 9.17) is 11.5 Å². The van der Waals surface area contributed by atoms with Gasteiger partial charge in [0.05, 0.1) is 6.04 Å². The molecule has 0 saturated carbocycles. The summed E-state index contributed by atoms with van der Waals surface area (Å²) in [6.45, 7) is 1.81. The molecule has 1 aromatic heterocycles. The first-order valence-electron chi connectivity index (χ1n) is 11.5. The number of hydrogen-bond acceptors (Lipinski definition) is 12. The molecule has 1 saturated heterocycles. The zero-order valence-electron chi connectivity index (χ0n) is 20.4. The highest BCUT2D eigenvalue weighted by molar-refractivity contribution is 8.01. The second-order valence-electron chi connectivity index (χ2n) is 8.66. The second kappa shape index (κ2) is 11.8. The molecule has 0 spiro atoms. The third-order valence-corrected chi connectivity index (χ3v) is 9.35. The minimum absolute atomic E-state index is 0.0582. The van der Waals surface area contributed by atoms with Crippen LogP contribution in [0.2, 0.25) is 0 Å². The fourth-order valence-electron chi connectivity index (χ4n) is 4.12. The first kappa shape index (κ1) is 28.7. The molecule has 0 radical (unpaired) electrons. The van der Waals surface area contributed by atoms with Crippen molar-refractivity contribution in [1.82, 2.24) is 20.4 Å². The molecule has 16 heteroatoms. The summed E-state index contributed by atoms with van der Waals surface area (Å²) in [7, 11) is 0. The molecule has 1 fully saturated rings. The van der Waals surface area contributed by atoms with Gasteiger partial charge in [-0.2, -0.15) is 0 Å². The van der Waals surface area contributed by atoms with Crippen LogP contribution in [0.1, 0.15) is 33.5 Å². The Morgan fingerprint density at radius 3 is 2.62 bits per heavy atom. The molecule has 2 aliphatic rings. The molecule has 2 aliphatic heterocycles. The second-order valence-corrected chi connectivity index (χ2v) is 12.2. The van der Waals surface area contributed by atoms with E-state index in [2.05, 4.69) is 15.5 Å². The Labute approximate surface area is 234 Å². The summed E-state index contributed by atoms with van der Waals surface area (Å²) in [5, 5.41) is 31.1. The first-order valence-corrected chi connectivity index (χ1v) is 14.3. The van der Waals surface area contributed by atoms with Crippen LogP contribution >= 0.6 is 34.9 Å². The number of aliphatic carboxylic acids is 1. The number of aliphatic hydroxyl groups is 1. The summed E-state index contributed by atoms with van der Waals surface area (Å²) < 4.78 is 0.681. The SMILES string of the molecule is Cc1nnc(SCC2=C(C(=O)O)N3C(=O)C(NC(=O)C(O)c4ccccc4C(=O)[C@@H](N)CC(N)=O)[C@@H]3SC2)s1. The van der Waals surface area contributed by atoms with Gasteiger partial charge in [-0.25, -0.2) is 4.79 Å². The van der Waals surface area contributed by atoms with Gasteiger partial charge in [-0.15, -0.1) is 22.0 Å². The lowest BCUT2D eigenvalue weighted by molar-refractivity contribution is -0.151. The third kappa shape index (κ3) is 5.99. The van der Waals surface area contributed by atoms with E-state index in [1.54, 1.807) is 0 Å². The highest BCUT2D eigenvalue weighted by Crippen LogP contribution is 2.42. The average molecular weight is 593 g/mol. The first-order chi connectivity index (χ1) is 18.5. The van der Waals surface area contributed by atoms with Crippen molar-refractivity contribution in [3.05, 3.63) is 51.7 Å². The number of carboxylic acids is 1. The van der Waals surface area contributed by atoms with Crippen molar-refractivity contribution in [2.24, 2.45) is 11.5 Å². The topological polar surface area (TPSA) is 219 Å². The standard InChI is InChI=1S/C23H24N6O7S3/c1-9-27-28-23(39-9)38-8-10-7-37-21-15(20(34)29(21)16(10)22(35)36)26-19(33)18(32)12-5-3-2-4-11(12)17(31)13(24)6-14(25)30/h2-5,13,15,18,21,32H,6-8,24H2,1H3,(H2,25,30)(H,26,33)(H,35,36)/t13-,15?,18?,21-/m0/s1. The van der Waals surface area contributed by atoms with Gasteiger partial charge in [0.1, 0.15) is 22.1 Å². The predicted molar refractivity (Wildman–Crippen MR) is 143 cm³/mol. The number of hydrogen-bond donors (Lipinski definition) is 5. The number of rotatable bonds is 11. The maximum Gasteiger partial charge on any atom is 0.352 e. The molecule has 2 aromatic rings. The number of carbonyl (C=O) groups excluding carboxylic acids is 4. The lowest BCUT2D eigenvalue weighted by Crippen LogP contribution is -2.70. The molecule has 13 nitrogen and oxygen atoms in total. The number of thioether (sulfide) groups is 2. The highest BCUT2D eigenvalue weighted by atomic mass is 32.2. The molecule has 1 aromatic carbocycles. The van der Waals surface area contributed by atoms with Gasteiger partial charge in [-0.1, -0.05) is 47.4 Å². The van der Waals surface area contributed by atoms with E-state index >= 15 is 0 Å². The van der Waals surface area contributed by atoms with Gasteiger partial charge in [-0.05, 0) is 12.5 Å². The fourth-order valence-corrected chi connectivity index (χ4v) is 7.42. The van der Waals surface area contributed by atoms with Crippen LogP contribution in [0.15, 0.2) is 39.9 Å². The van der Waals surface area contributed by atoms with Crippen molar-refractivity contribution in [3.63, 3.8) is 0 Å². The fraction of sp³-hybridized carbons (Fsp3) is 0.348. The number of nitrogens with one attached hydrogen (secondary N) is 1. The number of ketones is 1. The van der Waals surface area contributed by atoms with Crippen LogP contribution in [-0.4, -0.2) is 83.7 Å². The molecule has 4 rings (SSSR count). The predicted octanol–water partition coefficient (Wildman–Crippen LogP) is -0.204. The summed E-state index contributed by atoms with van der Waals surface area (Å²) in [5.41, 5.74) is 11.2. The van der Waals surface area contributed by atoms with Crippen LogP contribution in [0.25, 0.3) is 0 Å². The van der Waals surface area contributed by atoms with Crippen molar-refractivity contribution >= 4 is 64.3 Å². The summed E-state index contributed by atoms with van der Waals surface area (Å²) in [5.74, 6) is -3.70. The van der Waals surface area contributed by atoms with Gasteiger partial charge in [0, 0.05) is 29.1 Å². The van der Waals surface area contributed by atoms with Gasteiger partial charge >= 0.3 is 5.97 Å². The van der Waals surface area contributed by atoms with Crippen LogP contribution in [0, 0.1) is 6.92 Å². The Bertz CT molecular complexity index is 1380. The number of aromatic nitrogens is 2. The van der Waals surface area contributed by atoms with E-state index in [0.717, 1.165) is 9.91 Å². The van der Waals surface area contributed by atoms with Gasteiger partial charge in [-0.3, -0.25) is 24.1 Å². The minimum atomic E-state index is -1.84. The number of carbonyl (C=O) groups is 5. The number of amides is 3. The van der Waals surface area contributed by atoms with Gasteiger partial charge < -0.3 is 27.0 Å². The number of nitrogens with zero attached hydrogens (tertiary/aromatic N) is 3. The summed E-state index contributed by atoms with van der Waals surface area (Å²) in [4.78, 5) is 63.0. The Morgan fingerprint density at radius 1 is 1.26 bits per heavy atom. The normalized spacial score (nSPS) is 20.1. The molecular formula is C23H24N6O7S3. The molecule has 7 N–H and O–H groups in total. The van der Waals surface area contributed by atoms with Crippen molar-refractivity contribution in [3.8, 4) is 0 Å². The number of benzene rings is 1. The zero-order chi connectivity index (χ0) is 28.4. The number of Topliss-reactive ketones (excluding diaryl/α,β-unsaturated/α-hetero) is 1. The molecule has 39 heavy (non-hydrogen) atoms. The van der Waals surface area contributed by atoms with Crippen molar-refractivity contribution < 1.29 is 34.2 Å². The quantitative estimate of drug-likeness (QED) is 0.130. The zero-order valence-corrected chi connectivity index (χ0v) is 22.8. The van der Waals surface area contributed by atoms with Gasteiger partial charge in [0.25, 0.3) is 11.8 Å². The van der Waals surface area contributed by atoms with Crippen LogP contribution in [0.4, 0.5) is 0 Å². The largest absolute Gasteiger partial charge is 0.477 e. The number of nitrogens with two attached hydrogens (primary N) is 2. The van der Waals surface area contributed by atoms with Crippen molar-refractivity contribution in [2.45, 2.75) is 41.2 Å². The molecule has 206 valence electrons. The summed E-state index contributed by atoms with van der Waals surface area (Å²) in [6, 6.07) is 3.38. The van der Waals surface area contributed by atoms with E-state index in [1.165, 1.54) is 59.1 Å². The third-order valence-electron chi connectivity index (χ3n) is 5.95. The number of aryl methyl sites for hydroxylation is 1. The molecule has 0 bridgehead atoms. The van der Waals surface area contributed by atoms with Gasteiger partial charge in [0.2, 0.25) is 5.91 Å². The van der Waals surface area contributed by atoms with Crippen LogP contribution in [-0.2, 0) is 19.2 Å².